The topological polar surface area (TPSA) is 47.6 Å². The average Bonchev–Trinajstić information content (AvgIpc) is 2.55. The molecule has 0 heterocycles. The maximum Gasteiger partial charge on any atom is 0.416 e. The lowest BCUT2D eigenvalue weighted by atomic mass is 10.1. The monoisotopic (exact) mass is 353 g/mol. The van der Waals surface area contributed by atoms with Gasteiger partial charge in [-0.2, -0.15) is 13.2 Å². The molecule has 0 saturated heterocycles. The highest BCUT2D eigenvalue weighted by molar-refractivity contribution is 5.92. The molecular formula is C18H18F3NO3. The Morgan fingerprint density at radius 2 is 1.88 bits per heavy atom. The van der Waals surface area contributed by atoms with Gasteiger partial charge in [0, 0.05) is 11.8 Å². The third-order valence-corrected chi connectivity index (χ3v) is 3.37. The molecule has 0 radical (unpaired) electrons. The van der Waals surface area contributed by atoms with E-state index >= 15 is 0 Å². The number of rotatable bonds is 6. The van der Waals surface area contributed by atoms with Gasteiger partial charge in [0.2, 0.25) is 5.91 Å². The molecule has 2 rings (SSSR count). The zero-order chi connectivity index (χ0) is 18.4. The zero-order valence-electron chi connectivity index (χ0n) is 13.8. The Bertz CT molecular complexity index is 745. The lowest BCUT2D eigenvalue weighted by molar-refractivity contribution is -0.137. The number of carbonyl (C=O) groups is 1. The molecule has 0 bridgehead atoms. The van der Waals surface area contributed by atoms with Crippen LogP contribution in [-0.2, 0) is 17.4 Å². The lowest BCUT2D eigenvalue weighted by Crippen LogP contribution is -2.15. The van der Waals surface area contributed by atoms with E-state index in [-0.39, 0.29) is 12.0 Å². The number of alkyl halides is 3. The number of carbonyl (C=O) groups excluding carboxylic acids is 1. The van der Waals surface area contributed by atoms with E-state index in [9.17, 15) is 18.0 Å². The number of ether oxygens (including phenoxy) is 2. The molecule has 1 N–H and O–H groups in total. The van der Waals surface area contributed by atoms with Crippen molar-refractivity contribution in [3.63, 3.8) is 0 Å². The standard InChI is InChI=1S/C18H18F3NO3/c1-3-25-15-8-7-14(11-16(15)24-2)22-17(23)10-12-5-4-6-13(9-12)18(19,20)21/h4-9,11H,3,10H2,1-2H3,(H,22,23). The van der Waals surface area contributed by atoms with Crippen LogP contribution in [-0.4, -0.2) is 19.6 Å². The van der Waals surface area contributed by atoms with Crippen LogP contribution in [0.25, 0.3) is 0 Å². The minimum atomic E-state index is -4.44. The normalized spacial score (nSPS) is 11.1. The van der Waals surface area contributed by atoms with Gasteiger partial charge in [0.25, 0.3) is 0 Å². The summed E-state index contributed by atoms with van der Waals surface area (Å²) in [6.07, 6.45) is -4.60. The first-order valence-corrected chi connectivity index (χ1v) is 7.60. The molecule has 4 nitrogen and oxygen atoms in total. The summed E-state index contributed by atoms with van der Waals surface area (Å²) < 4.78 is 48.7. The summed E-state index contributed by atoms with van der Waals surface area (Å²) in [5.74, 6) is 0.574. The first kappa shape index (κ1) is 18.6. The summed E-state index contributed by atoms with van der Waals surface area (Å²) in [7, 11) is 1.48. The first-order chi connectivity index (χ1) is 11.8. The molecular weight excluding hydrogens is 335 g/mol. The highest BCUT2D eigenvalue weighted by atomic mass is 19.4. The van der Waals surface area contributed by atoms with Crippen LogP contribution < -0.4 is 14.8 Å². The van der Waals surface area contributed by atoms with Crippen LogP contribution in [0, 0.1) is 0 Å². The largest absolute Gasteiger partial charge is 0.493 e. The molecule has 0 atom stereocenters. The molecule has 0 saturated carbocycles. The van der Waals surface area contributed by atoms with Gasteiger partial charge in [-0.3, -0.25) is 4.79 Å². The molecule has 25 heavy (non-hydrogen) atoms. The molecule has 0 spiro atoms. The highest BCUT2D eigenvalue weighted by Crippen LogP contribution is 2.31. The van der Waals surface area contributed by atoms with E-state index in [1.54, 1.807) is 18.2 Å². The molecule has 7 heteroatoms. The minimum absolute atomic E-state index is 0.167. The summed E-state index contributed by atoms with van der Waals surface area (Å²) in [6, 6.07) is 9.59. The summed E-state index contributed by atoms with van der Waals surface area (Å²) in [4.78, 5) is 12.1. The molecule has 1 amide bonds. The van der Waals surface area contributed by atoms with Crippen LogP contribution in [0.15, 0.2) is 42.5 Å². The van der Waals surface area contributed by atoms with Crippen molar-refractivity contribution in [3.8, 4) is 11.5 Å². The lowest BCUT2D eigenvalue weighted by Gasteiger charge is -2.12. The molecule has 2 aromatic carbocycles. The molecule has 0 fully saturated rings. The van der Waals surface area contributed by atoms with E-state index in [2.05, 4.69) is 5.32 Å². The number of hydrogen-bond donors (Lipinski definition) is 1. The van der Waals surface area contributed by atoms with E-state index in [0.29, 0.717) is 23.8 Å². The summed E-state index contributed by atoms with van der Waals surface area (Å²) >= 11 is 0. The van der Waals surface area contributed by atoms with Crippen LogP contribution in [0.4, 0.5) is 18.9 Å². The van der Waals surface area contributed by atoms with Gasteiger partial charge in [-0.15, -0.1) is 0 Å². The van der Waals surface area contributed by atoms with Gasteiger partial charge in [0.05, 0.1) is 25.7 Å². The van der Waals surface area contributed by atoms with Crippen molar-refractivity contribution >= 4 is 11.6 Å². The van der Waals surface area contributed by atoms with Gasteiger partial charge in [0.15, 0.2) is 11.5 Å². The fourth-order valence-corrected chi connectivity index (χ4v) is 2.27. The zero-order valence-corrected chi connectivity index (χ0v) is 13.8. The predicted molar refractivity (Wildman–Crippen MR) is 87.9 cm³/mol. The van der Waals surface area contributed by atoms with Crippen LogP contribution >= 0.6 is 0 Å². The third kappa shape index (κ3) is 5.14. The van der Waals surface area contributed by atoms with E-state index in [1.165, 1.54) is 19.2 Å². The molecule has 2 aromatic rings. The Kier molecular flexibility index (Phi) is 5.90. The van der Waals surface area contributed by atoms with Crippen molar-refractivity contribution in [1.29, 1.82) is 0 Å². The quantitative estimate of drug-likeness (QED) is 0.843. The van der Waals surface area contributed by atoms with Crippen LogP contribution in [0.5, 0.6) is 11.5 Å². The molecule has 0 unspecified atom stereocenters. The number of hydrogen-bond acceptors (Lipinski definition) is 3. The van der Waals surface area contributed by atoms with Crippen molar-refractivity contribution < 1.29 is 27.4 Å². The van der Waals surface area contributed by atoms with Crippen molar-refractivity contribution in [2.75, 3.05) is 19.0 Å². The average molecular weight is 353 g/mol. The van der Waals surface area contributed by atoms with Gasteiger partial charge >= 0.3 is 6.18 Å². The van der Waals surface area contributed by atoms with E-state index < -0.39 is 17.6 Å². The fraction of sp³-hybridized carbons (Fsp3) is 0.278. The van der Waals surface area contributed by atoms with Gasteiger partial charge in [-0.1, -0.05) is 18.2 Å². The van der Waals surface area contributed by atoms with Crippen molar-refractivity contribution in [2.45, 2.75) is 19.5 Å². The Balaban J connectivity index is 2.08. The maximum atomic E-state index is 12.7. The Morgan fingerprint density at radius 1 is 1.12 bits per heavy atom. The SMILES string of the molecule is CCOc1ccc(NC(=O)Cc2cccc(C(F)(F)F)c2)cc1OC. The smallest absolute Gasteiger partial charge is 0.416 e. The second-order valence-corrected chi connectivity index (χ2v) is 5.22. The summed E-state index contributed by atoms with van der Waals surface area (Å²) in [5, 5.41) is 2.64. The van der Waals surface area contributed by atoms with E-state index in [1.807, 2.05) is 6.92 Å². The second-order valence-electron chi connectivity index (χ2n) is 5.22. The van der Waals surface area contributed by atoms with Crippen LogP contribution in [0.2, 0.25) is 0 Å². The predicted octanol–water partition coefficient (Wildman–Crippen LogP) is 4.29. The van der Waals surface area contributed by atoms with E-state index in [4.69, 9.17) is 9.47 Å². The summed E-state index contributed by atoms with van der Waals surface area (Å²) in [5.41, 5.74) is -0.0250. The molecule has 134 valence electrons. The van der Waals surface area contributed by atoms with Gasteiger partial charge in [0.1, 0.15) is 0 Å². The van der Waals surface area contributed by atoms with Crippen molar-refractivity contribution in [1.82, 2.24) is 0 Å². The fourth-order valence-electron chi connectivity index (χ4n) is 2.27. The van der Waals surface area contributed by atoms with Gasteiger partial charge in [-0.25, -0.2) is 0 Å². The van der Waals surface area contributed by atoms with Crippen LogP contribution in [0.3, 0.4) is 0 Å². The molecule has 0 aliphatic carbocycles. The van der Waals surface area contributed by atoms with Crippen LogP contribution in [0.1, 0.15) is 18.1 Å². The third-order valence-electron chi connectivity index (χ3n) is 3.37. The van der Waals surface area contributed by atoms with Gasteiger partial charge < -0.3 is 14.8 Å². The second kappa shape index (κ2) is 7.92. The Labute approximate surface area is 143 Å². The highest BCUT2D eigenvalue weighted by Gasteiger charge is 2.30. The molecule has 0 aromatic heterocycles. The number of nitrogens with one attached hydrogen (secondary N) is 1. The minimum Gasteiger partial charge on any atom is -0.493 e. The number of halogens is 3. The Morgan fingerprint density at radius 3 is 2.52 bits per heavy atom. The number of amides is 1. The summed E-state index contributed by atoms with van der Waals surface area (Å²) in [6.45, 7) is 2.31. The first-order valence-electron chi connectivity index (χ1n) is 7.60. The Hall–Kier alpha value is -2.70. The van der Waals surface area contributed by atoms with Gasteiger partial charge in [-0.05, 0) is 30.7 Å². The molecule has 0 aliphatic rings. The van der Waals surface area contributed by atoms with E-state index in [0.717, 1.165) is 12.1 Å². The molecule has 0 aliphatic heterocycles. The number of anilines is 1. The maximum absolute atomic E-state index is 12.7. The number of methoxy groups -OCH3 is 1. The number of benzene rings is 2. The van der Waals surface area contributed by atoms with Crippen molar-refractivity contribution in [2.24, 2.45) is 0 Å². The van der Waals surface area contributed by atoms with Crippen molar-refractivity contribution in [3.05, 3.63) is 53.6 Å².